The minimum Gasteiger partial charge on any atom is -0.454 e. The van der Waals surface area contributed by atoms with Crippen molar-refractivity contribution in [3.05, 3.63) is 58.6 Å². The average Bonchev–Trinajstić information content (AvgIpc) is 2.35. The molecule has 0 saturated heterocycles. The van der Waals surface area contributed by atoms with E-state index in [1.807, 2.05) is 0 Å². The number of ether oxygens (including phenoxy) is 1. The van der Waals surface area contributed by atoms with Crippen molar-refractivity contribution in [2.24, 2.45) is 5.73 Å². The van der Waals surface area contributed by atoms with Gasteiger partial charge in [-0.05, 0) is 24.3 Å². The van der Waals surface area contributed by atoms with Gasteiger partial charge in [0.15, 0.2) is 11.6 Å². The van der Waals surface area contributed by atoms with E-state index in [4.69, 9.17) is 22.1 Å². The highest BCUT2D eigenvalue weighted by Gasteiger charge is 2.12. The molecule has 0 aliphatic rings. The van der Waals surface area contributed by atoms with Crippen LogP contribution in [0.25, 0.3) is 0 Å². The number of hydrogen-bond donors (Lipinski definition) is 1. The normalized spacial score (nSPS) is 10.4. The molecule has 0 aromatic heterocycles. The first-order valence-corrected chi connectivity index (χ1v) is 5.60. The summed E-state index contributed by atoms with van der Waals surface area (Å²) in [7, 11) is 0. The quantitative estimate of drug-likeness (QED) is 0.918. The van der Waals surface area contributed by atoms with Crippen LogP contribution in [0.15, 0.2) is 36.4 Å². The van der Waals surface area contributed by atoms with E-state index >= 15 is 0 Å². The maximum atomic E-state index is 13.6. The van der Waals surface area contributed by atoms with E-state index in [9.17, 15) is 8.78 Å². The summed E-state index contributed by atoms with van der Waals surface area (Å²) >= 11 is 5.63. The van der Waals surface area contributed by atoms with Crippen LogP contribution in [0.2, 0.25) is 5.02 Å². The summed E-state index contributed by atoms with van der Waals surface area (Å²) in [5.41, 5.74) is 5.62. The lowest BCUT2D eigenvalue weighted by atomic mass is 10.2. The van der Waals surface area contributed by atoms with Gasteiger partial charge in [0.05, 0.1) is 5.02 Å². The van der Waals surface area contributed by atoms with Gasteiger partial charge in [-0.25, -0.2) is 8.78 Å². The standard InChI is InChI=1S/C13H10ClF2NO/c14-9-3-1-6-12(13(9)16)18-11-5-2-4-10(15)8(11)7-17/h1-6H,7,17H2. The molecule has 0 atom stereocenters. The number of halogens is 3. The van der Waals surface area contributed by atoms with Crippen molar-refractivity contribution in [2.75, 3.05) is 0 Å². The molecule has 0 saturated carbocycles. The van der Waals surface area contributed by atoms with Gasteiger partial charge in [-0.3, -0.25) is 0 Å². The minimum atomic E-state index is -0.689. The maximum absolute atomic E-state index is 13.6. The second kappa shape index (κ2) is 5.33. The molecular formula is C13H10ClF2NO. The summed E-state index contributed by atoms with van der Waals surface area (Å²) in [6.45, 7) is -0.0375. The summed E-state index contributed by atoms with van der Waals surface area (Å²) in [5.74, 6) is -1.06. The van der Waals surface area contributed by atoms with Crippen LogP contribution < -0.4 is 10.5 Å². The zero-order chi connectivity index (χ0) is 13.1. The lowest BCUT2D eigenvalue weighted by Gasteiger charge is -2.11. The topological polar surface area (TPSA) is 35.2 Å². The predicted molar refractivity (Wildman–Crippen MR) is 65.8 cm³/mol. The second-order valence-electron chi connectivity index (χ2n) is 3.57. The van der Waals surface area contributed by atoms with Gasteiger partial charge in [-0.1, -0.05) is 23.7 Å². The number of rotatable bonds is 3. The molecule has 2 rings (SSSR count). The minimum absolute atomic E-state index is 0.0375. The van der Waals surface area contributed by atoms with E-state index in [0.29, 0.717) is 0 Å². The molecule has 0 spiro atoms. The van der Waals surface area contributed by atoms with E-state index < -0.39 is 11.6 Å². The van der Waals surface area contributed by atoms with E-state index in [0.717, 1.165) is 0 Å². The van der Waals surface area contributed by atoms with Crippen LogP contribution in [0, 0.1) is 11.6 Å². The first-order chi connectivity index (χ1) is 8.63. The highest BCUT2D eigenvalue weighted by atomic mass is 35.5. The third-order valence-electron chi connectivity index (χ3n) is 2.42. The Hall–Kier alpha value is -1.65. The molecular weight excluding hydrogens is 260 g/mol. The van der Waals surface area contributed by atoms with Gasteiger partial charge in [0.1, 0.15) is 11.6 Å². The Balaban J connectivity index is 2.40. The summed E-state index contributed by atoms with van der Waals surface area (Å²) in [6, 6.07) is 8.61. The summed E-state index contributed by atoms with van der Waals surface area (Å²) in [4.78, 5) is 0. The van der Waals surface area contributed by atoms with Crippen molar-refractivity contribution in [1.29, 1.82) is 0 Å². The van der Waals surface area contributed by atoms with Crippen LogP contribution >= 0.6 is 11.6 Å². The number of nitrogens with two attached hydrogens (primary N) is 1. The molecule has 0 amide bonds. The first kappa shape index (κ1) is 12.8. The Morgan fingerprint density at radius 1 is 1.06 bits per heavy atom. The van der Waals surface area contributed by atoms with E-state index in [-0.39, 0.29) is 28.6 Å². The van der Waals surface area contributed by atoms with Gasteiger partial charge >= 0.3 is 0 Å². The van der Waals surface area contributed by atoms with Crippen LogP contribution in [0.1, 0.15) is 5.56 Å². The number of benzene rings is 2. The highest BCUT2D eigenvalue weighted by Crippen LogP contribution is 2.31. The molecule has 2 N–H and O–H groups in total. The fourth-order valence-corrected chi connectivity index (χ4v) is 1.68. The highest BCUT2D eigenvalue weighted by molar-refractivity contribution is 6.30. The second-order valence-corrected chi connectivity index (χ2v) is 3.98. The smallest absolute Gasteiger partial charge is 0.184 e. The molecule has 18 heavy (non-hydrogen) atoms. The molecule has 0 radical (unpaired) electrons. The van der Waals surface area contributed by atoms with Crippen molar-refractivity contribution < 1.29 is 13.5 Å². The van der Waals surface area contributed by atoms with Crippen molar-refractivity contribution in [3.63, 3.8) is 0 Å². The fourth-order valence-electron chi connectivity index (χ4n) is 1.51. The van der Waals surface area contributed by atoms with Gasteiger partial charge in [-0.15, -0.1) is 0 Å². The van der Waals surface area contributed by atoms with Crippen LogP contribution in [-0.4, -0.2) is 0 Å². The molecule has 5 heteroatoms. The largest absolute Gasteiger partial charge is 0.454 e. The third-order valence-corrected chi connectivity index (χ3v) is 2.71. The summed E-state index contributed by atoms with van der Waals surface area (Å²) < 4.78 is 32.4. The van der Waals surface area contributed by atoms with Crippen molar-refractivity contribution in [3.8, 4) is 11.5 Å². The Bertz CT molecular complexity index is 575. The lowest BCUT2D eigenvalue weighted by molar-refractivity contribution is 0.432. The van der Waals surface area contributed by atoms with E-state index in [1.165, 1.54) is 30.3 Å². The van der Waals surface area contributed by atoms with Gasteiger partial charge in [-0.2, -0.15) is 0 Å². The average molecular weight is 270 g/mol. The Morgan fingerprint density at radius 2 is 1.72 bits per heavy atom. The van der Waals surface area contributed by atoms with Crippen LogP contribution in [0.5, 0.6) is 11.5 Å². The molecule has 2 nitrogen and oxygen atoms in total. The Morgan fingerprint density at radius 3 is 2.44 bits per heavy atom. The SMILES string of the molecule is NCc1c(F)cccc1Oc1cccc(Cl)c1F. The molecule has 0 aliphatic carbocycles. The molecule has 0 bridgehead atoms. The van der Waals surface area contributed by atoms with Crippen molar-refractivity contribution in [1.82, 2.24) is 0 Å². The van der Waals surface area contributed by atoms with Crippen molar-refractivity contribution in [2.45, 2.75) is 6.54 Å². The monoisotopic (exact) mass is 269 g/mol. The first-order valence-electron chi connectivity index (χ1n) is 5.23. The van der Waals surface area contributed by atoms with Crippen molar-refractivity contribution >= 4 is 11.6 Å². The maximum Gasteiger partial charge on any atom is 0.184 e. The number of hydrogen-bond acceptors (Lipinski definition) is 2. The van der Waals surface area contributed by atoms with Crippen LogP contribution in [0.3, 0.4) is 0 Å². The van der Waals surface area contributed by atoms with E-state index in [2.05, 4.69) is 0 Å². The molecule has 2 aromatic carbocycles. The Kier molecular flexibility index (Phi) is 3.79. The predicted octanol–water partition coefficient (Wildman–Crippen LogP) is 3.87. The molecule has 94 valence electrons. The summed E-state index contributed by atoms with van der Waals surface area (Å²) in [6.07, 6.45) is 0. The van der Waals surface area contributed by atoms with E-state index in [1.54, 1.807) is 6.07 Å². The Labute approximate surface area is 108 Å². The zero-order valence-corrected chi connectivity index (χ0v) is 10.0. The molecule has 0 fully saturated rings. The molecule has 0 unspecified atom stereocenters. The van der Waals surface area contributed by atoms with Crippen LogP contribution in [-0.2, 0) is 6.54 Å². The van der Waals surface area contributed by atoms with Gasteiger partial charge in [0, 0.05) is 12.1 Å². The lowest BCUT2D eigenvalue weighted by Crippen LogP contribution is -2.03. The van der Waals surface area contributed by atoms with Gasteiger partial charge in [0.25, 0.3) is 0 Å². The summed E-state index contributed by atoms with van der Waals surface area (Å²) in [5, 5.41) is -0.0572. The van der Waals surface area contributed by atoms with Gasteiger partial charge < -0.3 is 10.5 Å². The molecule has 0 aliphatic heterocycles. The molecule has 0 heterocycles. The zero-order valence-electron chi connectivity index (χ0n) is 9.29. The third kappa shape index (κ3) is 2.44. The fraction of sp³-hybridized carbons (Fsp3) is 0.0769. The molecule has 2 aromatic rings. The van der Waals surface area contributed by atoms with Gasteiger partial charge in [0.2, 0.25) is 0 Å². The van der Waals surface area contributed by atoms with Crippen LogP contribution in [0.4, 0.5) is 8.78 Å².